The van der Waals surface area contributed by atoms with Crippen molar-refractivity contribution >= 4 is 17.8 Å². The number of hydrogen-bond acceptors (Lipinski definition) is 6. The van der Waals surface area contributed by atoms with Crippen LogP contribution in [-0.2, 0) is 4.79 Å². The minimum absolute atomic E-state index is 0.106. The Morgan fingerprint density at radius 1 is 0.970 bits per heavy atom. The van der Waals surface area contributed by atoms with Gasteiger partial charge in [-0.2, -0.15) is 4.68 Å². The maximum Gasteiger partial charge on any atom is 0.251 e. The van der Waals surface area contributed by atoms with Crippen LogP contribution < -0.4 is 10.2 Å². The second-order valence-electron chi connectivity index (χ2n) is 8.24. The number of carbonyl (C=O) groups excluding carboxylic acids is 2. The van der Waals surface area contributed by atoms with Gasteiger partial charge in [-0.05, 0) is 52.7 Å². The maximum absolute atomic E-state index is 13.2. The van der Waals surface area contributed by atoms with Crippen LogP contribution in [0.4, 0.5) is 10.3 Å². The molecule has 1 N–H and O–H groups in total. The van der Waals surface area contributed by atoms with Gasteiger partial charge in [0.2, 0.25) is 11.9 Å². The van der Waals surface area contributed by atoms with E-state index >= 15 is 0 Å². The number of para-hydroxylation sites is 1. The van der Waals surface area contributed by atoms with E-state index in [1.807, 2.05) is 49.1 Å². The van der Waals surface area contributed by atoms with Gasteiger partial charge in [-0.1, -0.05) is 37.1 Å². The lowest BCUT2D eigenvalue weighted by Crippen LogP contribution is -2.56. The van der Waals surface area contributed by atoms with E-state index in [-0.39, 0.29) is 11.8 Å². The molecule has 4 rings (SSSR count). The summed E-state index contributed by atoms with van der Waals surface area (Å²) in [4.78, 5) is 29.6. The molecule has 9 nitrogen and oxygen atoms in total. The number of nitrogens with zero attached hydrogens (tertiary/aromatic N) is 6. The van der Waals surface area contributed by atoms with Crippen LogP contribution in [0.3, 0.4) is 0 Å². The predicted molar refractivity (Wildman–Crippen MR) is 120 cm³/mol. The fourth-order valence-corrected chi connectivity index (χ4v) is 3.78. The SMILES string of the molecule is CC(C)C(NC(=O)c1ccc(F)cc1)C(=O)N1CCN(c2nnnn2-c2ccccc2)CC1. The minimum atomic E-state index is -0.677. The Bertz CT molecular complexity index is 1090. The summed E-state index contributed by atoms with van der Waals surface area (Å²) < 4.78 is 14.8. The van der Waals surface area contributed by atoms with E-state index < -0.39 is 17.8 Å². The lowest BCUT2D eigenvalue weighted by Gasteiger charge is -2.37. The van der Waals surface area contributed by atoms with Crippen molar-refractivity contribution in [3.05, 3.63) is 66.0 Å². The number of anilines is 1. The zero-order chi connectivity index (χ0) is 23.4. The Labute approximate surface area is 191 Å². The molecule has 0 bridgehead atoms. The lowest BCUT2D eigenvalue weighted by molar-refractivity contribution is -0.134. The average Bonchev–Trinajstić information content (AvgIpc) is 3.33. The molecule has 2 aromatic carbocycles. The third-order valence-corrected chi connectivity index (χ3v) is 5.65. The molecule has 1 aliphatic rings. The highest BCUT2D eigenvalue weighted by atomic mass is 19.1. The van der Waals surface area contributed by atoms with Crippen LogP contribution in [0.25, 0.3) is 5.69 Å². The fourth-order valence-electron chi connectivity index (χ4n) is 3.78. The van der Waals surface area contributed by atoms with Gasteiger partial charge in [-0.3, -0.25) is 9.59 Å². The number of halogens is 1. The Hall–Kier alpha value is -3.82. The number of amides is 2. The van der Waals surface area contributed by atoms with Crippen LogP contribution in [0.2, 0.25) is 0 Å². The van der Waals surface area contributed by atoms with Gasteiger partial charge in [0.1, 0.15) is 11.9 Å². The molecule has 1 unspecified atom stereocenters. The van der Waals surface area contributed by atoms with Gasteiger partial charge in [0.05, 0.1) is 5.69 Å². The molecule has 1 fully saturated rings. The van der Waals surface area contributed by atoms with Gasteiger partial charge in [-0.15, -0.1) is 0 Å². The summed E-state index contributed by atoms with van der Waals surface area (Å²) in [7, 11) is 0. The molecule has 172 valence electrons. The zero-order valence-corrected chi connectivity index (χ0v) is 18.6. The van der Waals surface area contributed by atoms with Gasteiger partial charge in [-0.25, -0.2) is 4.39 Å². The molecule has 1 saturated heterocycles. The van der Waals surface area contributed by atoms with E-state index in [0.717, 1.165) is 5.69 Å². The molecule has 2 heterocycles. The second kappa shape index (κ2) is 9.76. The highest BCUT2D eigenvalue weighted by Gasteiger charge is 2.32. The smallest absolute Gasteiger partial charge is 0.251 e. The Morgan fingerprint density at radius 2 is 1.64 bits per heavy atom. The molecule has 3 aromatic rings. The maximum atomic E-state index is 13.2. The topological polar surface area (TPSA) is 96.2 Å². The van der Waals surface area contributed by atoms with Gasteiger partial charge in [0, 0.05) is 31.7 Å². The van der Waals surface area contributed by atoms with E-state index in [4.69, 9.17) is 0 Å². The first-order chi connectivity index (χ1) is 15.9. The number of rotatable bonds is 6. The Balaban J connectivity index is 1.40. The van der Waals surface area contributed by atoms with E-state index in [1.165, 1.54) is 24.3 Å². The molecule has 0 aliphatic carbocycles. The predicted octanol–water partition coefficient (Wildman–Crippen LogP) is 1.90. The lowest BCUT2D eigenvalue weighted by atomic mass is 10.0. The summed E-state index contributed by atoms with van der Waals surface area (Å²) in [5, 5.41) is 14.9. The van der Waals surface area contributed by atoms with Crippen molar-refractivity contribution in [2.24, 2.45) is 5.92 Å². The number of piperazine rings is 1. The van der Waals surface area contributed by atoms with Crippen LogP contribution in [0.15, 0.2) is 54.6 Å². The molecule has 2 amide bonds. The summed E-state index contributed by atoms with van der Waals surface area (Å²) in [6.07, 6.45) is 0. The van der Waals surface area contributed by atoms with Crippen LogP contribution in [0.1, 0.15) is 24.2 Å². The van der Waals surface area contributed by atoms with Crippen molar-refractivity contribution in [1.29, 1.82) is 0 Å². The first-order valence-electron chi connectivity index (χ1n) is 10.9. The molecule has 1 aliphatic heterocycles. The summed E-state index contributed by atoms with van der Waals surface area (Å²) in [6.45, 7) is 5.87. The van der Waals surface area contributed by atoms with Crippen molar-refractivity contribution < 1.29 is 14.0 Å². The molecule has 0 saturated carbocycles. The van der Waals surface area contributed by atoms with Gasteiger partial charge >= 0.3 is 0 Å². The first-order valence-corrected chi connectivity index (χ1v) is 10.9. The molecular formula is C23H26FN7O2. The number of aromatic nitrogens is 4. The van der Waals surface area contributed by atoms with Crippen molar-refractivity contribution in [2.45, 2.75) is 19.9 Å². The van der Waals surface area contributed by atoms with Crippen LogP contribution >= 0.6 is 0 Å². The zero-order valence-electron chi connectivity index (χ0n) is 18.6. The molecule has 33 heavy (non-hydrogen) atoms. The van der Waals surface area contributed by atoms with Crippen molar-refractivity contribution in [2.75, 3.05) is 31.1 Å². The molecular weight excluding hydrogens is 425 g/mol. The number of nitrogens with one attached hydrogen (secondary N) is 1. The second-order valence-corrected chi connectivity index (χ2v) is 8.24. The van der Waals surface area contributed by atoms with E-state index in [9.17, 15) is 14.0 Å². The monoisotopic (exact) mass is 451 g/mol. The van der Waals surface area contributed by atoms with E-state index in [0.29, 0.717) is 37.7 Å². The summed E-state index contributed by atoms with van der Waals surface area (Å²) in [5.74, 6) is -0.437. The van der Waals surface area contributed by atoms with E-state index in [1.54, 1.807) is 9.58 Å². The standard InChI is InChI=1S/C23H26FN7O2/c1-16(2)20(25-21(32)17-8-10-18(24)11-9-17)22(33)29-12-14-30(15-13-29)23-26-27-28-31(23)19-6-4-3-5-7-19/h3-11,16,20H,12-15H2,1-2H3,(H,25,32). The van der Waals surface area contributed by atoms with Gasteiger partial charge < -0.3 is 15.1 Å². The fraction of sp³-hybridized carbons (Fsp3) is 0.348. The number of tetrazole rings is 1. The number of carbonyl (C=O) groups is 2. The highest BCUT2D eigenvalue weighted by Crippen LogP contribution is 2.18. The van der Waals surface area contributed by atoms with Crippen molar-refractivity contribution in [3.63, 3.8) is 0 Å². The molecule has 1 atom stereocenters. The third kappa shape index (κ3) is 5.00. The summed E-state index contributed by atoms with van der Waals surface area (Å²) in [5.41, 5.74) is 1.17. The largest absolute Gasteiger partial charge is 0.340 e. The first kappa shape index (κ1) is 22.4. The van der Waals surface area contributed by atoms with Crippen molar-refractivity contribution in [1.82, 2.24) is 30.4 Å². The summed E-state index contributed by atoms with van der Waals surface area (Å²) >= 11 is 0. The quantitative estimate of drug-likeness (QED) is 0.615. The minimum Gasteiger partial charge on any atom is -0.340 e. The summed E-state index contributed by atoms with van der Waals surface area (Å²) in [6, 6.07) is 14.2. The highest BCUT2D eigenvalue weighted by molar-refractivity contribution is 5.97. The van der Waals surface area contributed by atoms with Crippen molar-refractivity contribution in [3.8, 4) is 5.69 Å². The third-order valence-electron chi connectivity index (χ3n) is 5.65. The number of benzene rings is 2. The van der Waals surface area contributed by atoms with E-state index in [2.05, 4.69) is 20.8 Å². The van der Waals surface area contributed by atoms with Gasteiger partial charge in [0.15, 0.2) is 0 Å². The van der Waals surface area contributed by atoms with Crippen LogP contribution in [-0.4, -0.2) is 69.1 Å². The molecule has 0 spiro atoms. The normalized spacial score (nSPS) is 14.9. The molecule has 1 aromatic heterocycles. The van der Waals surface area contributed by atoms with Gasteiger partial charge in [0.25, 0.3) is 5.91 Å². The van der Waals surface area contributed by atoms with Crippen LogP contribution in [0, 0.1) is 11.7 Å². The van der Waals surface area contributed by atoms with Crippen LogP contribution in [0.5, 0.6) is 0 Å². The molecule has 10 heteroatoms. The molecule has 0 radical (unpaired) electrons. The Morgan fingerprint density at radius 3 is 2.27 bits per heavy atom. The number of hydrogen-bond donors (Lipinski definition) is 1. The Kier molecular flexibility index (Phi) is 6.62. The average molecular weight is 452 g/mol.